The van der Waals surface area contributed by atoms with Gasteiger partial charge in [-0.3, -0.25) is 19.6 Å². The summed E-state index contributed by atoms with van der Waals surface area (Å²) < 4.78 is 40.2. The summed E-state index contributed by atoms with van der Waals surface area (Å²) in [7, 11) is 0. The summed E-state index contributed by atoms with van der Waals surface area (Å²) in [5.41, 5.74) is 1.81. The molecule has 7 nitrogen and oxygen atoms in total. The zero-order chi connectivity index (χ0) is 22.0. The van der Waals surface area contributed by atoms with Gasteiger partial charge in [-0.25, -0.2) is 0 Å². The maximum atomic E-state index is 12.9. The number of aliphatic imine (C=N–C) groups is 1. The standard InChI is InChI=1S/C21H17F3N6O/c1-25-9-13-3-2-4-14(7-13)11-30-12-16(10-26-30)27-20(31)19-17-6-5-15(21(22,23)24)8-18(17)28-29-19/h2-8,10,12H,1,9,11H2,(H,27,31)(H,28,29). The van der Waals surface area contributed by atoms with E-state index in [1.54, 1.807) is 10.9 Å². The highest BCUT2D eigenvalue weighted by Crippen LogP contribution is 2.31. The Bertz CT molecular complexity index is 1260. The number of rotatable bonds is 6. The van der Waals surface area contributed by atoms with Gasteiger partial charge in [0.25, 0.3) is 5.91 Å². The van der Waals surface area contributed by atoms with E-state index in [-0.39, 0.29) is 11.2 Å². The second-order valence-corrected chi connectivity index (χ2v) is 6.91. The summed E-state index contributed by atoms with van der Waals surface area (Å²) in [5, 5.41) is 13.5. The van der Waals surface area contributed by atoms with Gasteiger partial charge in [0, 0.05) is 11.6 Å². The van der Waals surface area contributed by atoms with Gasteiger partial charge in [-0.15, -0.1) is 0 Å². The molecule has 2 N–H and O–H groups in total. The van der Waals surface area contributed by atoms with E-state index in [4.69, 9.17) is 0 Å². The highest BCUT2D eigenvalue weighted by molar-refractivity contribution is 6.11. The van der Waals surface area contributed by atoms with E-state index in [0.29, 0.717) is 24.2 Å². The topological polar surface area (TPSA) is 88.0 Å². The Kier molecular flexibility index (Phi) is 5.28. The Morgan fingerprint density at radius 1 is 1.19 bits per heavy atom. The minimum Gasteiger partial charge on any atom is -0.318 e. The second kappa shape index (κ2) is 8.05. The fourth-order valence-electron chi connectivity index (χ4n) is 3.22. The molecule has 0 aliphatic carbocycles. The van der Waals surface area contributed by atoms with Crippen molar-refractivity contribution in [3.8, 4) is 0 Å². The van der Waals surface area contributed by atoms with Crippen molar-refractivity contribution in [3.63, 3.8) is 0 Å². The number of nitrogens with one attached hydrogen (secondary N) is 2. The molecule has 10 heteroatoms. The van der Waals surface area contributed by atoms with Crippen molar-refractivity contribution < 1.29 is 18.0 Å². The molecule has 1 amide bonds. The number of fused-ring (bicyclic) bond motifs is 1. The van der Waals surface area contributed by atoms with E-state index in [2.05, 4.69) is 32.3 Å². The number of H-pyrrole nitrogens is 1. The van der Waals surface area contributed by atoms with Crippen LogP contribution >= 0.6 is 0 Å². The van der Waals surface area contributed by atoms with Gasteiger partial charge >= 0.3 is 6.18 Å². The molecule has 4 aromatic rings. The summed E-state index contributed by atoms with van der Waals surface area (Å²) in [4.78, 5) is 16.5. The third-order valence-corrected chi connectivity index (χ3v) is 4.63. The van der Waals surface area contributed by atoms with Crippen LogP contribution in [0.4, 0.5) is 18.9 Å². The number of halogens is 3. The van der Waals surface area contributed by atoms with Crippen molar-refractivity contribution in [2.24, 2.45) is 4.99 Å². The molecular weight excluding hydrogens is 409 g/mol. The first-order valence-electron chi connectivity index (χ1n) is 9.23. The monoisotopic (exact) mass is 426 g/mol. The van der Waals surface area contributed by atoms with Crippen molar-refractivity contribution in [3.05, 3.63) is 77.2 Å². The van der Waals surface area contributed by atoms with Crippen molar-refractivity contribution in [2.45, 2.75) is 19.3 Å². The molecule has 2 aromatic heterocycles. The lowest BCUT2D eigenvalue weighted by Crippen LogP contribution is -2.12. The van der Waals surface area contributed by atoms with E-state index < -0.39 is 17.6 Å². The maximum Gasteiger partial charge on any atom is 0.416 e. The number of carbonyl (C=O) groups excluding carboxylic acids is 1. The first kappa shape index (κ1) is 20.3. The third-order valence-electron chi connectivity index (χ3n) is 4.63. The third kappa shape index (κ3) is 4.47. The number of amides is 1. The molecular formula is C21H17F3N6O. The Labute approximate surface area is 174 Å². The lowest BCUT2D eigenvalue weighted by atomic mass is 10.1. The number of aromatic nitrogens is 4. The van der Waals surface area contributed by atoms with Gasteiger partial charge in [0.05, 0.1) is 36.1 Å². The van der Waals surface area contributed by atoms with Crippen LogP contribution in [0.3, 0.4) is 0 Å². The highest BCUT2D eigenvalue weighted by atomic mass is 19.4. The van der Waals surface area contributed by atoms with Crippen molar-refractivity contribution >= 4 is 29.2 Å². The Morgan fingerprint density at radius 3 is 2.77 bits per heavy atom. The van der Waals surface area contributed by atoms with Gasteiger partial charge in [-0.1, -0.05) is 24.3 Å². The molecule has 0 radical (unpaired) electrons. The van der Waals surface area contributed by atoms with Crippen molar-refractivity contribution in [1.29, 1.82) is 0 Å². The van der Waals surface area contributed by atoms with Crippen LogP contribution in [0.2, 0.25) is 0 Å². The van der Waals surface area contributed by atoms with Crippen LogP contribution in [0.15, 0.2) is 59.9 Å². The first-order valence-corrected chi connectivity index (χ1v) is 9.23. The number of aromatic amines is 1. The molecule has 0 spiro atoms. The molecule has 4 rings (SSSR count). The number of nitrogens with zero attached hydrogens (tertiary/aromatic N) is 4. The second-order valence-electron chi connectivity index (χ2n) is 6.91. The van der Waals surface area contributed by atoms with Crippen LogP contribution in [0.5, 0.6) is 0 Å². The Hall–Kier alpha value is -3.95. The smallest absolute Gasteiger partial charge is 0.318 e. The van der Waals surface area contributed by atoms with Gasteiger partial charge in [-0.05, 0) is 36.0 Å². The van der Waals surface area contributed by atoms with E-state index in [1.807, 2.05) is 24.3 Å². The Morgan fingerprint density at radius 2 is 2.00 bits per heavy atom. The fraction of sp³-hybridized carbons (Fsp3) is 0.143. The number of carbonyl (C=O) groups is 1. The van der Waals surface area contributed by atoms with Gasteiger partial charge in [0.2, 0.25) is 0 Å². The summed E-state index contributed by atoms with van der Waals surface area (Å²) in [6.07, 6.45) is -1.32. The van der Waals surface area contributed by atoms with Crippen LogP contribution < -0.4 is 5.32 Å². The predicted octanol–water partition coefficient (Wildman–Crippen LogP) is 4.28. The SMILES string of the molecule is C=NCc1cccc(Cn2cc(NC(=O)c3n[nH]c4cc(C(F)(F)F)ccc34)cn2)c1. The van der Waals surface area contributed by atoms with Gasteiger partial charge in [0.15, 0.2) is 5.69 Å². The predicted molar refractivity (Wildman–Crippen MR) is 110 cm³/mol. The molecule has 0 atom stereocenters. The molecule has 0 saturated carbocycles. The number of benzene rings is 2. The molecule has 0 saturated heterocycles. The van der Waals surface area contributed by atoms with Crippen molar-refractivity contribution in [1.82, 2.24) is 20.0 Å². The fourth-order valence-corrected chi connectivity index (χ4v) is 3.22. The molecule has 0 aliphatic heterocycles. The largest absolute Gasteiger partial charge is 0.416 e. The zero-order valence-corrected chi connectivity index (χ0v) is 16.1. The molecule has 2 heterocycles. The van der Waals surface area contributed by atoms with Crippen LogP contribution in [0.25, 0.3) is 10.9 Å². The van der Waals surface area contributed by atoms with Crippen LogP contribution in [-0.2, 0) is 19.3 Å². The average molecular weight is 426 g/mol. The highest BCUT2D eigenvalue weighted by Gasteiger charge is 2.31. The van der Waals surface area contributed by atoms with Crippen LogP contribution in [-0.4, -0.2) is 32.6 Å². The van der Waals surface area contributed by atoms with E-state index >= 15 is 0 Å². The van der Waals surface area contributed by atoms with E-state index in [0.717, 1.165) is 23.3 Å². The normalized spacial score (nSPS) is 11.6. The molecule has 0 fully saturated rings. The van der Waals surface area contributed by atoms with Gasteiger partial charge in [0.1, 0.15) is 0 Å². The molecule has 2 aromatic carbocycles. The number of hydrogen-bond acceptors (Lipinski definition) is 4. The maximum absolute atomic E-state index is 12.9. The lowest BCUT2D eigenvalue weighted by molar-refractivity contribution is -0.137. The minimum atomic E-state index is -4.47. The summed E-state index contributed by atoms with van der Waals surface area (Å²) in [5.74, 6) is -0.551. The molecule has 0 aliphatic rings. The van der Waals surface area contributed by atoms with E-state index in [9.17, 15) is 18.0 Å². The van der Waals surface area contributed by atoms with Crippen LogP contribution in [0.1, 0.15) is 27.2 Å². The van der Waals surface area contributed by atoms with Crippen LogP contribution in [0, 0.1) is 0 Å². The molecule has 31 heavy (non-hydrogen) atoms. The first-order chi connectivity index (χ1) is 14.8. The molecule has 0 unspecified atom stereocenters. The lowest BCUT2D eigenvalue weighted by Gasteiger charge is -2.06. The molecule has 158 valence electrons. The quantitative estimate of drug-likeness (QED) is 0.451. The van der Waals surface area contributed by atoms with Gasteiger partial charge in [-0.2, -0.15) is 23.4 Å². The number of anilines is 1. The van der Waals surface area contributed by atoms with Gasteiger partial charge < -0.3 is 5.32 Å². The number of hydrogen-bond donors (Lipinski definition) is 2. The van der Waals surface area contributed by atoms with E-state index in [1.165, 1.54) is 12.3 Å². The average Bonchev–Trinajstić information content (AvgIpc) is 3.34. The zero-order valence-electron chi connectivity index (χ0n) is 16.1. The molecule has 0 bridgehead atoms. The van der Waals surface area contributed by atoms with Crippen molar-refractivity contribution in [2.75, 3.05) is 5.32 Å². The summed E-state index contributed by atoms with van der Waals surface area (Å²) in [6.45, 7) is 4.51. The Balaban J connectivity index is 1.48. The summed E-state index contributed by atoms with van der Waals surface area (Å²) in [6, 6.07) is 10.9. The summed E-state index contributed by atoms with van der Waals surface area (Å²) >= 11 is 0. The minimum absolute atomic E-state index is 0.00102. The number of alkyl halides is 3.